The molecule has 0 rings (SSSR count). The van der Waals surface area contributed by atoms with E-state index in [0.29, 0.717) is 18.1 Å². The van der Waals surface area contributed by atoms with Crippen molar-refractivity contribution in [3.05, 3.63) is 0 Å². The topological polar surface area (TPSA) is 30.5 Å². The zero-order chi connectivity index (χ0) is 12.4. The van der Waals surface area contributed by atoms with Gasteiger partial charge in [-0.2, -0.15) is 0 Å². The average molecular weight is 231 g/mol. The van der Waals surface area contributed by atoms with Gasteiger partial charge >= 0.3 is 0 Å². The lowest BCUT2D eigenvalue weighted by molar-refractivity contribution is 0.0374. The van der Waals surface area contributed by atoms with Crippen LogP contribution < -0.4 is 5.32 Å². The fraction of sp³-hybridized carbons (Fsp3) is 1.00. The van der Waals surface area contributed by atoms with Crippen molar-refractivity contribution in [3.8, 4) is 0 Å². The fourth-order valence-electron chi connectivity index (χ4n) is 2.15. The standard InChI is InChI=1S/C13H29NO2/c1-6-8-12(16-5)13(14-7-2)11(3)9-10-15-4/h11-14H,6-10H2,1-5H3. The van der Waals surface area contributed by atoms with E-state index in [1.807, 2.05) is 7.11 Å². The van der Waals surface area contributed by atoms with E-state index in [9.17, 15) is 0 Å². The number of hydrogen-bond donors (Lipinski definition) is 1. The summed E-state index contributed by atoms with van der Waals surface area (Å²) in [5.41, 5.74) is 0. The van der Waals surface area contributed by atoms with Crippen molar-refractivity contribution < 1.29 is 9.47 Å². The zero-order valence-electron chi connectivity index (χ0n) is 11.6. The molecule has 1 N–H and O–H groups in total. The molecule has 0 aliphatic rings. The Morgan fingerprint density at radius 2 is 1.81 bits per heavy atom. The lowest BCUT2D eigenvalue weighted by Crippen LogP contribution is -2.45. The Labute approximate surface area is 101 Å². The van der Waals surface area contributed by atoms with Gasteiger partial charge in [0, 0.05) is 26.9 Å². The lowest BCUT2D eigenvalue weighted by Gasteiger charge is -2.31. The number of hydrogen-bond acceptors (Lipinski definition) is 3. The zero-order valence-corrected chi connectivity index (χ0v) is 11.6. The van der Waals surface area contributed by atoms with Gasteiger partial charge in [0.25, 0.3) is 0 Å². The van der Waals surface area contributed by atoms with E-state index in [2.05, 4.69) is 26.1 Å². The van der Waals surface area contributed by atoms with Crippen LogP contribution in [0.4, 0.5) is 0 Å². The van der Waals surface area contributed by atoms with Gasteiger partial charge in [-0.1, -0.05) is 27.2 Å². The summed E-state index contributed by atoms with van der Waals surface area (Å²) in [7, 11) is 3.57. The van der Waals surface area contributed by atoms with Gasteiger partial charge in [0.2, 0.25) is 0 Å². The third-order valence-electron chi connectivity index (χ3n) is 3.11. The van der Waals surface area contributed by atoms with Gasteiger partial charge in [-0.05, 0) is 25.3 Å². The number of nitrogens with one attached hydrogen (secondary N) is 1. The minimum absolute atomic E-state index is 0.316. The Kier molecular flexibility index (Phi) is 9.99. The molecular weight excluding hydrogens is 202 g/mol. The molecule has 0 fully saturated rings. The molecule has 0 aliphatic heterocycles. The van der Waals surface area contributed by atoms with Gasteiger partial charge in [0.1, 0.15) is 0 Å². The highest BCUT2D eigenvalue weighted by Gasteiger charge is 2.25. The third-order valence-corrected chi connectivity index (χ3v) is 3.11. The van der Waals surface area contributed by atoms with Crippen molar-refractivity contribution in [1.82, 2.24) is 5.32 Å². The minimum Gasteiger partial charge on any atom is -0.385 e. The van der Waals surface area contributed by atoms with E-state index in [-0.39, 0.29) is 0 Å². The van der Waals surface area contributed by atoms with Gasteiger partial charge in [0.15, 0.2) is 0 Å². The van der Waals surface area contributed by atoms with E-state index >= 15 is 0 Å². The van der Waals surface area contributed by atoms with E-state index in [0.717, 1.165) is 32.4 Å². The summed E-state index contributed by atoms with van der Waals surface area (Å²) in [4.78, 5) is 0. The summed E-state index contributed by atoms with van der Waals surface area (Å²) in [6.07, 6.45) is 3.68. The number of ether oxygens (including phenoxy) is 2. The molecule has 0 aromatic rings. The molecule has 0 saturated heterocycles. The molecule has 0 bridgehead atoms. The molecule has 3 unspecified atom stereocenters. The first-order valence-electron chi connectivity index (χ1n) is 6.46. The van der Waals surface area contributed by atoms with E-state index in [4.69, 9.17) is 9.47 Å². The van der Waals surface area contributed by atoms with Crippen LogP contribution in [-0.4, -0.2) is 39.5 Å². The molecule has 0 radical (unpaired) electrons. The largest absolute Gasteiger partial charge is 0.385 e. The first-order chi connectivity index (χ1) is 7.71. The maximum absolute atomic E-state index is 5.60. The van der Waals surface area contributed by atoms with Gasteiger partial charge in [0.05, 0.1) is 6.10 Å². The average Bonchev–Trinajstić information content (AvgIpc) is 2.30. The van der Waals surface area contributed by atoms with Crippen molar-refractivity contribution in [2.75, 3.05) is 27.4 Å². The molecule has 0 heterocycles. The van der Waals surface area contributed by atoms with Gasteiger partial charge in [-0.3, -0.25) is 0 Å². The van der Waals surface area contributed by atoms with E-state index < -0.39 is 0 Å². The van der Waals surface area contributed by atoms with Crippen molar-refractivity contribution in [2.24, 2.45) is 5.92 Å². The Balaban J connectivity index is 4.29. The van der Waals surface area contributed by atoms with Crippen LogP contribution in [-0.2, 0) is 9.47 Å². The van der Waals surface area contributed by atoms with Gasteiger partial charge < -0.3 is 14.8 Å². The third kappa shape index (κ3) is 5.83. The minimum atomic E-state index is 0.316. The second kappa shape index (κ2) is 10.1. The van der Waals surface area contributed by atoms with Crippen molar-refractivity contribution >= 4 is 0 Å². The maximum atomic E-state index is 5.60. The lowest BCUT2D eigenvalue weighted by atomic mass is 9.91. The molecule has 0 aromatic heterocycles. The molecule has 98 valence electrons. The van der Waals surface area contributed by atoms with E-state index in [1.54, 1.807) is 7.11 Å². The van der Waals surface area contributed by atoms with Crippen molar-refractivity contribution in [3.63, 3.8) is 0 Å². The number of rotatable bonds is 10. The normalized spacial score (nSPS) is 17.1. The van der Waals surface area contributed by atoms with Gasteiger partial charge in [-0.25, -0.2) is 0 Å². The first kappa shape index (κ1) is 15.9. The summed E-state index contributed by atoms with van der Waals surface area (Å²) in [5.74, 6) is 0.580. The molecule has 0 spiro atoms. The Bertz CT molecular complexity index is 153. The summed E-state index contributed by atoms with van der Waals surface area (Å²) in [6.45, 7) is 8.44. The molecule has 0 aliphatic carbocycles. The van der Waals surface area contributed by atoms with Crippen molar-refractivity contribution in [1.29, 1.82) is 0 Å². The second-order valence-electron chi connectivity index (χ2n) is 4.41. The van der Waals surface area contributed by atoms with Gasteiger partial charge in [-0.15, -0.1) is 0 Å². The summed E-state index contributed by atoms with van der Waals surface area (Å²) in [6, 6.07) is 0.435. The quantitative estimate of drug-likeness (QED) is 0.626. The highest BCUT2D eigenvalue weighted by Crippen LogP contribution is 2.17. The molecule has 0 amide bonds. The van der Waals surface area contributed by atoms with Crippen LogP contribution in [0.25, 0.3) is 0 Å². The van der Waals surface area contributed by atoms with Crippen LogP contribution in [0.3, 0.4) is 0 Å². The smallest absolute Gasteiger partial charge is 0.0726 e. The monoisotopic (exact) mass is 231 g/mol. The molecule has 3 atom stereocenters. The van der Waals surface area contributed by atoms with Crippen LogP contribution in [0.1, 0.15) is 40.0 Å². The van der Waals surface area contributed by atoms with Crippen LogP contribution in [0.15, 0.2) is 0 Å². The molecule has 0 saturated carbocycles. The fourth-order valence-corrected chi connectivity index (χ4v) is 2.15. The molecule has 3 nitrogen and oxygen atoms in total. The summed E-state index contributed by atoms with van der Waals surface area (Å²) < 4.78 is 10.7. The summed E-state index contributed by atoms with van der Waals surface area (Å²) in [5, 5.41) is 3.55. The van der Waals surface area contributed by atoms with Crippen molar-refractivity contribution in [2.45, 2.75) is 52.2 Å². The molecule has 0 aromatic carbocycles. The highest BCUT2D eigenvalue weighted by atomic mass is 16.5. The maximum Gasteiger partial charge on any atom is 0.0726 e. The van der Waals surface area contributed by atoms with E-state index in [1.165, 1.54) is 0 Å². The predicted molar refractivity (Wildman–Crippen MR) is 68.8 cm³/mol. The van der Waals surface area contributed by atoms with Crippen LogP contribution in [0, 0.1) is 5.92 Å². The molecule has 3 heteroatoms. The second-order valence-corrected chi connectivity index (χ2v) is 4.41. The number of methoxy groups -OCH3 is 2. The number of likely N-dealkylation sites (N-methyl/N-ethyl adjacent to an activating group) is 1. The van der Waals surface area contributed by atoms with Crippen LogP contribution >= 0.6 is 0 Å². The van der Waals surface area contributed by atoms with Crippen LogP contribution in [0.5, 0.6) is 0 Å². The molecule has 16 heavy (non-hydrogen) atoms. The predicted octanol–water partition coefficient (Wildman–Crippen LogP) is 2.45. The highest BCUT2D eigenvalue weighted by molar-refractivity contribution is 4.81. The Morgan fingerprint density at radius 1 is 1.12 bits per heavy atom. The Hall–Kier alpha value is -0.120. The van der Waals surface area contributed by atoms with Crippen LogP contribution in [0.2, 0.25) is 0 Å². The SMILES string of the molecule is CCCC(OC)C(NCC)C(C)CCOC. The summed E-state index contributed by atoms with van der Waals surface area (Å²) >= 11 is 0. The first-order valence-corrected chi connectivity index (χ1v) is 6.46. The molecular formula is C13H29NO2. The Morgan fingerprint density at radius 3 is 2.25 bits per heavy atom.